The molecular formula is C24H31N3O4S3. The first-order valence-electron chi connectivity index (χ1n) is 11.7. The summed E-state index contributed by atoms with van der Waals surface area (Å²) in [6.07, 6.45) is 5.19. The van der Waals surface area contributed by atoms with Crippen LogP contribution < -0.4 is 20.1 Å². The van der Waals surface area contributed by atoms with E-state index in [9.17, 15) is 13.2 Å². The van der Waals surface area contributed by atoms with Gasteiger partial charge in [0.05, 0.1) is 12.1 Å². The number of nitrogens with one attached hydrogen (secondary N) is 3. The zero-order valence-corrected chi connectivity index (χ0v) is 21.9. The minimum atomic E-state index is -3.74. The number of anilines is 1. The number of carbonyl (C=O) groups excluding carboxylic acids is 1. The van der Waals surface area contributed by atoms with Crippen molar-refractivity contribution in [3.63, 3.8) is 0 Å². The molecule has 10 heteroatoms. The van der Waals surface area contributed by atoms with Gasteiger partial charge in [0.15, 0.2) is 0 Å². The summed E-state index contributed by atoms with van der Waals surface area (Å²) in [6, 6.07) is 7.84. The van der Waals surface area contributed by atoms with Crippen LogP contribution in [0.1, 0.15) is 48.6 Å². The third kappa shape index (κ3) is 5.97. The number of carbonyl (C=O) groups is 1. The first kappa shape index (κ1) is 25.1. The molecule has 1 aromatic carbocycles. The molecule has 0 spiro atoms. The van der Waals surface area contributed by atoms with Gasteiger partial charge in [0.25, 0.3) is 0 Å². The van der Waals surface area contributed by atoms with Gasteiger partial charge < -0.3 is 15.4 Å². The highest BCUT2D eigenvalue weighted by atomic mass is 32.2. The average Bonchev–Trinajstić information content (AvgIpc) is 3.60. The van der Waals surface area contributed by atoms with Gasteiger partial charge in [-0.3, -0.25) is 4.79 Å². The number of thiocarbonyl (C=S) groups is 1. The molecule has 34 heavy (non-hydrogen) atoms. The van der Waals surface area contributed by atoms with E-state index in [1.165, 1.54) is 11.3 Å². The number of methoxy groups -OCH3 is 1. The molecular weight excluding hydrogens is 490 g/mol. The third-order valence-electron chi connectivity index (χ3n) is 6.10. The van der Waals surface area contributed by atoms with Gasteiger partial charge in [0.1, 0.15) is 15.6 Å². The number of hydrogen-bond acceptors (Lipinski definition) is 6. The Morgan fingerprint density at radius 1 is 1.21 bits per heavy atom. The smallest absolute Gasteiger partial charge is 0.243 e. The summed E-state index contributed by atoms with van der Waals surface area (Å²) in [7, 11) is -2.10. The van der Waals surface area contributed by atoms with Crippen molar-refractivity contribution in [2.45, 2.75) is 62.8 Å². The van der Waals surface area contributed by atoms with Gasteiger partial charge in [-0.05, 0) is 61.8 Å². The summed E-state index contributed by atoms with van der Waals surface area (Å²) in [4.78, 5) is 14.4. The molecule has 1 saturated carbocycles. The number of benzene rings is 1. The van der Waals surface area contributed by atoms with Crippen LogP contribution in [-0.2, 0) is 34.1 Å². The summed E-state index contributed by atoms with van der Waals surface area (Å²) in [6.45, 7) is 2.28. The van der Waals surface area contributed by atoms with Crippen LogP contribution in [-0.4, -0.2) is 39.0 Å². The van der Waals surface area contributed by atoms with Crippen LogP contribution >= 0.6 is 23.6 Å². The lowest BCUT2D eigenvalue weighted by Gasteiger charge is -2.25. The highest BCUT2D eigenvalue weighted by Crippen LogP contribution is 2.42. The zero-order valence-electron chi connectivity index (χ0n) is 19.5. The lowest BCUT2D eigenvalue weighted by atomic mass is 9.94. The van der Waals surface area contributed by atoms with Crippen LogP contribution in [0.5, 0.6) is 5.75 Å². The van der Waals surface area contributed by atoms with Gasteiger partial charge in [-0.25, -0.2) is 13.1 Å². The third-order valence-corrected chi connectivity index (χ3v) is 9.27. The summed E-state index contributed by atoms with van der Waals surface area (Å²) >= 11 is 7.01. The molecule has 1 atom stereocenters. The Labute approximate surface area is 210 Å². The fraction of sp³-hybridized carbons (Fsp3) is 0.500. The number of aryl methyl sites for hydroxylation is 1. The second-order valence-electron chi connectivity index (χ2n) is 8.86. The first-order valence-corrected chi connectivity index (χ1v) is 14.4. The standard InChI is InChI=1S/C24H31N3O4S3/c1-3-12-25-34(29,30)22-19-14-17(26-21(32)13-15-4-9-18(31-2)10-5-15)8-11-20(19)33-24(22)27-23(28)16-6-7-16/h4-5,9-10,16-17,25H,3,6-8,11-14H2,1-2H3,(H,26,32)(H,27,28). The van der Waals surface area contributed by atoms with Crippen molar-refractivity contribution < 1.29 is 17.9 Å². The normalized spacial score (nSPS) is 17.6. The topological polar surface area (TPSA) is 96.5 Å². The second-order valence-corrected chi connectivity index (χ2v) is 12.2. The molecule has 0 bridgehead atoms. The molecule has 0 aliphatic heterocycles. The largest absolute Gasteiger partial charge is 0.497 e. The van der Waals surface area contributed by atoms with Gasteiger partial charge in [0.2, 0.25) is 15.9 Å². The number of rotatable bonds is 10. The highest BCUT2D eigenvalue weighted by Gasteiger charge is 2.35. The Morgan fingerprint density at radius 3 is 2.59 bits per heavy atom. The van der Waals surface area contributed by atoms with Gasteiger partial charge in [-0.2, -0.15) is 0 Å². The van der Waals surface area contributed by atoms with Crippen molar-refractivity contribution in [3.8, 4) is 5.75 Å². The van der Waals surface area contributed by atoms with Gasteiger partial charge in [0, 0.05) is 29.8 Å². The molecule has 2 aliphatic carbocycles. The molecule has 1 aromatic heterocycles. The number of fused-ring (bicyclic) bond motifs is 1. The zero-order chi connectivity index (χ0) is 24.3. The maximum atomic E-state index is 13.2. The van der Waals surface area contributed by atoms with Crippen molar-refractivity contribution in [1.29, 1.82) is 0 Å². The number of ether oxygens (including phenoxy) is 1. The number of hydrogen-bond donors (Lipinski definition) is 3. The first-order chi connectivity index (χ1) is 16.3. The fourth-order valence-electron chi connectivity index (χ4n) is 4.12. The number of thiophene rings is 1. The molecule has 4 rings (SSSR count). The lowest BCUT2D eigenvalue weighted by molar-refractivity contribution is -0.117. The van der Waals surface area contributed by atoms with Crippen LogP contribution in [0.2, 0.25) is 0 Å². The Bertz CT molecular complexity index is 1150. The average molecular weight is 522 g/mol. The molecule has 1 unspecified atom stereocenters. The number of sulfonamides is 1. The monoisotopic (exact) mass is 521 g/mol. The summed E-state index contributed by atoms with van der Waals surface area (Å²) < 4.78 is 34.3. The lowest BCUT2D eigenvalue weighted by Crippen LogP contribution is -2.39. The summed E-state index contributed by atoms with van der Waals surface area (Å²) in [5.41, 5.74) is 1.89. The van der Waals surface area contributed by atoms with Crippen LogP contribution in [0.3, 0.4) is 0 Å². The molecule has 1 heterocycles. The molecule has 2 aliphatic rings. The van der Waals surface area contributed by atoms with Crippen LogP contribution in [0.15, 0.2) is 29.2 Å². The minimum absolute atomic E-state index is 0.00280. The molecule has 2 aromatic rings. The predicted octanol–water partition coefficient (Wildman–Crippen LogP) is 3.81. The molecule has 184 valence electrons. The predicted molar refractivity (Wildman–Crippen MR) is 139 cm³/mol. The van der Waals surface area contributed by atoms with E-state index >= 15 is 0 Å². The Morgan fingerprint density at radius 2 is 1.94 bits per heavy atom. The van der Waals surface area contributed by atoms with E-state index in [0.29, 0.717) is 30.8 Å². The molecule has 1 amide bonds. The highest BCUT2D eigenvalue weighted by molar-refractivity contribution is 7.90. The van der Waals surface area contributed by atoms with E-state index in [2.05, 4.69) is 15.4 Å². The van der Waals surface area contributed by atoms with Crippen molar-refractivity contribution in [2.75, 3.05) is 19.0 Å². The van der Waals surface area contributed by atoms with E-state index in [4.69, 9.17) is 17.0 Å². The van der Waals surface area contributed by atoms with Crippen molar-refractivity contribution in [3.05, 3.63) is 40.3 Å². The quantitative estimate of drug-likeness (QED) is 0.412. The molecule has 3 N–H and O–H groups in total. The van der Waals surface area contributed by atoms with E-state index in [-0.39, 0.29) is 22.8 Å². The SMILES string of the molecule is CCCNS(=O)(=O)c1c(NC(=O)C2CC2)sc2c1CC(NC(=S)Cc1ccc(OC)cc1)CC2. The van der Waals surface area contributed by atoms with Gasteiger partial charge >= 0.3 is 0 Å². The van der Waals surface area contributed by atoms with E-state index < -0.39 is 10.0 Å². The van der Waals surface area contributed by atoms with Crippen LogP contribution in [0.4, 0.5) is 5.00 Å². The Kier molecular flexibility index (Phi) is 7.91. The summed E-state index contributed by atoms with van der Waals surface area (Å²) in [5.74, 6) is 0.721. The van der Waals surface area contributed by atoms with E-state index in [1.807, 2.05) is 31.2 Å². The second kappa shape index (κ2) is 10.7. The Hall–Kier alpha value is -2.01. The molecule has 0 saturated heterocycles. The maximum Gasteiger partial charge on any atom is 0.243 e. The van der Waals surface area contributed by atoms with Crippen LogP contribution in [0, 0.1) is 5.92 Å². The van der Waals surface area contributed by atoms with Gasteiger partial charge in [-0.1, -0.05) is 31.3 Å². The maximum absolute atomic E-state index is 13.2. The van der Waals surface area contributed by atoms with Crippen molar-refractivity contribution in [2.24, 2.45) is 5.92 Å². The van der Waals surface area contributed by atoms with Crippen molar-refractivity contribution >= 4 is 49.5 Å². The van der Waals surface area contributed by atoms with E-state index in [1.54, 1.807) is 7.11 Å². The minimum Gasteiger partial charge on any atom is -0.497 e. The molecule has 7 nitrogen and oxygen atoms in total. The molecule has 0 radical (unpaired) electrons. The Balaban J connectivity index is 1.51. The fourth-order valence-corrected chi connectivity index (χ4v) is 7.56. The molecule has 1 fully saturated rings. The van der Waals surface area contributed by atoms with Crippen LogP contribution in [0.25, 0.3) is 0 Å². The van der Waals surface area contributed by atoms with Gasteiger partial charge in [-0.15, -0.1) is 11.3 Å². The summed E-state index contributed by atoms with van der Waals surface area (Å²) in [5, 5.41) is 6.80. The van der Waals surface area contributed by atoms with Crippen molar-refractivity contribution in [1.82, 2.24) is 10.0 Å². The number of amides is 1. The van der Waals surface area contributed by atoms with E-state index in [0.717, 1.165) is 52.4 Å².